The first-order chi connectivity index (χ1) is 16.7. The topological polar surface area (TPSA) is 0 Å². The van der Waals surface area contributed by atoms with Gasteiger partial charge >= 0.3 is 0 Å². The van der Waals surface area contributed by atoms with Crippen molar-refractivity contribution in [2.24, 2.45) is 0 Å². The van der Waals surface area contributed by atoms with Gasteiger partial charge in [0.15, 0.2) is 8.07 Å². The lowest BCUT2D eigenvalue weighted by Gasteiger charge is -2.37. The third-order valence-electron chi connectivity index (χ3n) is 8.07. The van der Waals surface area contributed by atoms with Gasteiger partial charge in [-0.3, -0.25) is 0 Å². The molecule has 0 aliphatic heterocycles. The van der Waals surface area contributed by atoms with E-state index in [0.717, 1.165) is 6.42 Å². The largest absolute Gasteiger partial charge is 0.176 e. The molecule has 0 spiro atoms. The number of hydrogen-bond donors (Lipinski definition) is 0. The van der Waals surface area contributed by atoms with Crippen LogP contribution in [0, 0.1) is 0 Å². The molecule has 0 bridgehead atoms. The van der Waals surface area contributed by atoms with Crippen molar-refractivity contribution in [2.45, 2.75) is 79.6 Å². The molecule has 1 aliphatic rings. The molecule has 0 radical (unpaired) electrons. The SMILES string of the molecule is CC1=CCC([Si](c2cccc(C(C)C)c2)(c2cccc(C(C)C)c2)c2cccc(C(C)C)c2)=C1C. The van der Waals surface area contributed by atoms with Gasteiger partial charge in [0.2, 0.25) is 0 Å². The third kappa shape index (κ3) is 4.64. The van der Waals surface area contributed by atoms with Crippen LogP contribution in [0.15, 0.2) is 95.2 Å². The Morgan fingerprint density at radius 1 is 0.571 bits per heavy atom. The van der Waals surface area contributed by atoms with E-state index in [9.17, 15) is 0 Å². The molecule has 4 rings (SSSR count). The number of allylic oxidation sites excluding steroid dienone is 4. The van der Waals surface area contributed by atoms with Gasteiger partial charge in [-0.25, -0.2) is 0 Å². The van der Waals surface area contributed by atoms with Crippen LogP contribution in [-0.4, -0.2) is 8.07 Å². The number of hydrogen-bond acceptors (Lipinski definition) is 0. The van der Waals surface area contributed by atoms with E-state index in [1.165, 1.54) is 43.4 Å². The molecule has 1 aliphatic carbocycles. The van der Waals surface area contributed by atoms with Crippen molar-refractivity contribution in [3.63, 3.8) is 0 Å². The lowest BCUT2D eigenvalue weighted by molar-refractivity contribution is 0.867. The zero-order valence-corrected chi connectivity index (χ0v) is 23.9. The summed E-state index contributed by atoms with van der Waals surface area (Å²) in [6.07, 6.45) is 3.50. The lowest BCUT2D eigenvalue weighted by Crippen LogP contribution is -2.69. The molecule has 0 amide bonds. The van der Waals surface area contributed by atoms with Crippen LogP contribution >= 0.6 is 0 Å². The van der Waals surface area contributed by atoms with Crippen LogP contribution in [0.4, 0.5) is 0 Å². The maximum atomic E-state index is 2.54. The van der Waals surface area contributed by atoms with E-state index in [-0.39, 0.29) is 0 Å². The average molecular weight is 479 g/mol. The molecule has 0 saturated carbocycles. The highest BCUT2D eigenvalue weighted by Gasteiger charge is 2.45. The van der Waals surface area contributed by atoms with Gasteiger partial charge in [0.25, 0.3) is 0 Å². The summed E-state index contributed by atoms with van der Waals surface area (Å²) >= 11 is 0. The van der Waals surface area contributed by atoms with Gasteiger partial charge in [0.1, 0.15) is 0 Å². The van der Waals surface area contributed by atoms with Gasteiger partial charge in [-0.05, 0) is 70.3 Å². The molecule has 0 N–H and O–H groups in total. The molecule has 182 valence electrons. The summed E-state index contributed by atoms with van der Waals surface area (Å²) in [5, 5.41) is 6.20. The van der Waals surface area contributed by atoms with Crippen LogP contribution in [0.25, 0.3) is 0 Å². The zero-order valence-electron chi connectivity index (χ0n) is 22.9. The molecule has 0 saturated heterocycles. The van der Waals surface area contributed by atoms with Crippen LogP contribution in [0.1, 0.15) is 96.3 Å². The highest BCUT2D eigenvalue weighted by Crippen LogP contribution is 2.34. The molecule has 0 fully saturated rings. The van der Waals surface area contributed by atoms with Crippen molar-refractivity contribution in [3.05, 3.63) is 112 Å². The molecule has 3 aromatic carbocycles. The van der Waals surface area contributed by atoms with Gasteiger partial charge in [-0.1, -0.05) is 137 Å². The number of benzene rings is 3. The van der Waals surface area contributed by atoms with Crippen molar-refractivity contribution >= 4 is 23.6 Å². The summed E-state index contributed by atoms with van der Waals surface area (Å²) < 4.78 is 0. The van der Waals surface area contributed by atoms with Crippen molar-refractivity contribution in [1.29, 1.82) is 0 Å². The fourth-order valence-corrected chi connectivity index (χ4v) is 11.1. The quantitative estimate of drug-likeness (QED) is 0.241. The van der Waals surface area contributed by atoms with Crippen LogP contribution in [0.3, 0.4) is 0 Å². The molecular formula is C34H42Si. The third-order valence-corrected chi connectivity index (χ3v) is 13.1. The van der Waals surface area contributed by atoms with Gasteiger partial charge in [0.05, 0.1) is 0 Å². The zero-order chi connectivity index (χ0) is 25.3. The second-order valence-electron chi connectivity index (χ2n) is 11.3. The van der Waals surface area contributed by atoms with E-state index < -0.39 is 8.07 Å². The van der Waals surface area contributed by atoms with Gasteiger partial charge in [-0.2, -0.15) is 0 Å². The molecule has 1 heteroatoms. The minimum Gasteiger partial charge on any atom is -0.0776 e. The van der Waals surface area contributed by atoms with Crippen LogP contribution < -0.4 is 15.6 Å². The Morgan fingerprint density at radius 3 is 1.23 bits per heavy atom. The molecule has 35 heavy (non-hydrogen) atoms. The van der Waals surface area contributed by atoms with Crippen LogP contribution in [0.2, 0.25) is 0 Å². The summed E-state index contributed by atoms with van der Waals surface area (Å²) in [6.45, 7) is 18.5. The Morgan fingerprint density at radius 2 is 0.943 bits per heavy atom. The highest BCUT2D eigenvalue weighted by atomic mass is 28.3. The monoisotopic (exact) mass is 478 g/mol. The van der Waals surface area contributed by atoms with E-state index >= 15 is 0 Å². The van der Waals surface area contributed by atoms with Crippen molar-refractivity contribution < 1.29 is 0 Å². The molecule has 0 heterocycles. The molecule has 3 aromatic rings. The minimum atomic E-state index is -2.50. The summed E-state index contributed by atoms with van der Waals surface area (Å²) in [7, 11) is -2.50. The number of rotatable bonds is 7. The normalized spacial score (nSPS) is 14.4. The predicted molar refractivity (Wildman–Crippen MR) is 157 cm³/mol. The summed E-state index contributed by atoms with van der Waals surface area (Å²) in [5.74, 6) is 1.51. The molecule has 0 unspecified atom stereocenters. The van der Waals surface area contributed by atoms with Crippen LogP contribution in [0.5, 0.6) is 0 Å². The fourth-order valence-electron chi connectivity index (χ4n) is 5.65. The summed E-state index contributed by atoms with van der Waals surface area (Å²) in [4.78, 5) is 0. The predicted octanol–water partition coefficient (Wildman–Crippen LogP) is 7.73. The first-order valence-corrected chi connectivity index (χ1v) is 15.3. The van der Waals surface area contributed by atoms with Crippen molar-refractivity contribution in [1.82, 2.24) is 0 Å². The van der Waals surface area contributed by atoms with Crippen molar-refractivity contribution in [3.8, 4) is 0 Å². The first-order valence-electron chi connectivity index (χ1n) is 13.3. The van der Waals surface area contributed by atoms with E-state index in [2.05, 4.69) is 134 Å². The Balaban J connectivity index is 2.17. The fraction of sp³-hybridized carbons (Fsp3) is 0.353. The highest BCUT2D eigenvalue weighted by molar-refractivity contribution is 7.16. The van der Waals surface area contributed by atoms with Gasteiger partial charge < -0.3 is 0 Å². The van der Waals surface area contributed by atoms with E-state index in [1.807, 2.05) is 0 Å². The second kappa shape index (κ2) is 10.2. The summed E-state index contributed by atoms with van der Waals surface area (Å²) in [5.41, 5.74) is 7.23. The first kappa shape index (κ1) is 25.4. The van der Waals surface area contributed by atoms with Gasteiger partial charge in [0, 0.05) is 0 Å². The van der Waals surface area contributed by atoms with Crippen LogP contribution in [-0.2, 0) is 0 Å². The molecule has 0 atom stereocenters. The molecular weight excluding hydrogens is 436 g/mol. The lowest BCUT2D eigenvalue weighted by atomic mass is 10.0. The van der Waals surface area contributed by atoms with E-state index in [4.69, 9.17) is 0 Å². The standard InChI is InChI=1S/C34H42Si/c1-23(2)28-12-9-15-31(20-28)35(34-19-18-26(7)27(34)8,32-16-10-13-29(21-32)24(3)4)33-17-11-14-30(22-33)25(5)6/h9-18,20-25H,19H2,1-8H3. The van der Waals surface area contributed by atoms with Crippen molar-refractivity contribution in [2.75, 3.05) is 0 Å². The average Bonchev–Trinajstić information content (AvgIpc) is 3.18. The Kier molecular flexibility index (Phi) is 7.38. The maximum Gasteiger partial charge on any atom is 0.176 e. The molecule has 0 nitrogen and oxygen atoms in total. The van der Waals surface area contributed by atoms with E-state index in [1.54, 1.807) is 5.20 Å². The Bertz CT molecular complexity index is 1140. The minimum absolute atomic E-state index is 0.504. The Labute approximate surface area is 214 Å². The summed E-state index contributed by atoms with van der Waals surface area (Å²) in [6, 6.07) is 28.7. The maximum absolute atomic E-state index is 2.54. The van der Waals surface area contributed by atoms with Gasteiger partial charge in [-0.15, -0.1) is 0 Å². The Hall–Kier alpha value is -2.64. The smallest absolute Gasteiger partial charge is 0.0776 e. The van der Waals surface area contributed by atoms with E-state index in [0.29, 0.717) is 17.8 Å². The second-order valence-corrected chi connectivity index (χ2v) is 15.1. The molecule has 0 aromatic heterocycles.